The number of aliphatic hydroxyl groups excluding tert-OH is 1. The molecule has 4 nitrogen and oxygen atoms in total. The van der Waals surface area contributed by atoms with E-state index >= 15 is 0 Å². The predicted molar refractivity (Wildman–Crippen MR) is 87.0 cm³/mol. The smallest absolute Gasteiger partial charge is 0.123 e. The number of ether oxygens (including phenoxy) is 1. The molecule has 0 heterocycles. The number of aliphatic hydroxyl groups is 1. The summed E-state index contributed by atoms with van der Waals surface area (Å²) in [5.41, 5.74) is 2.78. The van der Waals surface area contributed by atoms with Crippen LogP contribution in [0, 0.1) is 6.92 Å². The summed E-state index contributed by atoms with van der Waals surface area (Å²) < 4.78 is 5.38. The lowest BCUT2D eigenvalue weighted by molar-refractivity contribution is 0.181. The second-order valence-electron chi connectivity index (χ2n) is 5.33. The number of hydrogen-bond donors (Lipinski definition) is 2. The number of methoxy groups -OCH3 is 1. The Morgan fingerprint density at radius 1 is 1.00 bits per heavy atom. The van der Waals surface area contributed by atoms with Gasteiger partial charge in [0.1, 0.15) is 11.5 Å². The number of aromatic hydroxyl groups is 1. The van der Waals surface area contributed by atoms with Gasteiger partial charge in [0.05, 0.1) is 13.7 Å². The van der Waals surface area contributed by atoms with Gasteiger partial charge in [-0.15, -0.1) is 0 Å². The molecular formula is C18H23NO3. The van der Waals surface area contributed by atoms with Crippen LogP contribution in [0.15, 0.2) is 42.5 Å². The third-order valence-corrected chi connectivity index (χ3v) is 3.72. The van der Waals surface area contributed by atoms with E-state index < -0.39 is 0 Å². The number of nitrogens with zero attached hydrogens (tertiary/aromatic N) is 1. The Morgan fingerprint density at radius 2 is 1.68 bits per heavy atom. The molecule has 2 aromatic rings. The zero-order valence-corrected chi connectivity index (χ0v) is 13.1. The van der Waals surface area contributed by atoms with Crippen LogP contribution in [-0.4, -0.2) is 35.4 Å². The average molecular weight is 301 g/mol. The van der Waals surface area contributed by atoms with Gasteiger partial charge in [0.2, 0.25) is 0 Å². The molecule has 0 saturated heterocycles. The Morgan fingerprint density at radius 3 is 2.41 bits per heavy atom. The minimum absolute atomic E-state index is 0.0712. The molecule has 0 bridgehead atoms. The zero-order chi connectivity index (χ0) is 15.9. The van der Waals surface area contributed by atoms with Gasteiger partial charge in [-0.2, -0.15) is 0 Å². The van der Waals surface area contributed by atoms with E-state index in [1.807, 2.05) is 49.4 Å². The molecule has 2 N–H and O–H groups in total. The highest BCUT2D eigenvalue weighted by Crippen LogP contribution is 2.25. The van der Waals surface area contributed by atoms with Crippen molar-refractivity contribution in [1.29, 1.82) is 0 Å². The lowest BCUT2D eigenvalue weighted by Crippen LogP contribution is -2.26. The van der Waals surface area contributed by atoms with E-state index in [1.165, 1.54) is 0 Å². The molecule has 118 valence electrons. The van der Waals surface area contributed by atoms with Crippen LogP contribution in [0.25, 0.3) is 0 Å². The minimum Gasteiger partial charge on any atom is -0.507 e. The van der Waals surface area contributed by atoms with Gasteiger partial charge in [-0.1, -0.05) is 36.4 Å². The lowest BCUT2D eigenvalue weighted by Gasteiger charge is -2.23. The fourth-order valence-electron chi connectivity index (χ4n) is 2.52. The van der Waals surface area contributed by atoms with Crippen LogP contribution < -0.4 is 4.74 Å². The summed E-state index contributed by atoms with van der Waals surface area (Å²) in [6, 6.07) is 13.6. The molecule has 2 rings (SSSR count). The first-order valence-corrected chi connectivity index (χ1v) is 7.38. The van der Waals surface area contributed by atoms with Gasteiger partial charge in [0.15, 0.2) is 0 Å². The Balaban J connectivity index is 2.18. The molecular weight excluding hydrogens is 278 g/mol. The summed E-state index contributed by atoms with van der Waals surface area (Å²) in [7, 11) is 1.65. The lowest BCUT2D eigenvalue weighted by atomic mass is 10.1. The van der Waals surface area contributed by atoms with Gasteiger partial charge in [0.25, 0.3) is 0 Å². The van der Waals surface area contributed by atoms with Crippen LogP contribution >= 0.6 is 0 Å². The molecule has 0 aliphatic heterocycles. The summed E-state index contributed by atoms with van der Waals surface area (Å²) >= 11 is 0. The SMILES string of the molecule is COc1ccccc1CN(CCO)Cc1cccc(C)c1O. The van der Waals surface area contributed by atoms with Crippen LogP contribution in [0.1, 0.15) is 16.7 Å². The third-order valence-electron chi connectivity index (χ3n) is 3.72. The van der Waals surface area contributed by atoms with Crippen molar-refractivity contribution in [3.8, 4) is 11.5 Å². The van der Waals surface area contributed by atoms with E-state index in [-0.39, 0.29) is 6.61 Å². The minimum atomic E-state index is 0.0712. The van der Waals surface area contributed by atoms with Crippen molar-refractivity contribution in [2.45, 2.75) is 20.0 Å². The third kappa shape index (κ3) is 4.00. The number of hydrogen-bond acceptors (Lipinski definition) is 4. The highest BCUT2D eigenvalue weighted by atomic mass is 16.5. The molecule has 0 atom stereocenters. The molecule has 0 saturated carbocycles. The van der Waals surface area contributed by atoms with E-state index in [0.717, 1.165) is 22.4 Å². The van der Waals surface area contributed by atoms with Crippen molar-refractivity contribution in [3.05, 3.63) is 59.2 Å². The van der Waals surface area contributed by atoms with Crippen LogP contribution in [0.5, 0.6) is 11.5 Å². The van der Waals surface area contributed by atoms with E-state index in [9.17, 15) is 10.2 Å². The highest BCUT2D eigenvalue weighted by Gasteiger charge is 2.12. The van der Waals surface area contributed by atoms with Gasteiger partial charge in [0, 0.05) is 30.8 Å². The van der Waals surface area contributed by atoms with Gasteiger partial charge in [-0.25, -0.2) is 0 Å². The number of benzene rings is 2. The quantitative estimate of drug-likeness (QED) is 0.825. The van der Waals surface area contributed by atoms with Crippen molar-refractivity contribution in [2.75, 3.05) is 20.3 Å². The maximum atomic E-state index is 10.2. The number of aryl methyl sites for hydroxylation is 1. The summed E-state index contributed by atoms with van der Waals surface area (Å²) in [5, 5.41) is 19.5. The molecule has 0 spiro atoms. The Labute approximate surface area is 131 Å². The van der Waals surface area contributed by atoms with Crippen molar-refractivity contribution >= 4 is 0 Å². The molecule has 0 aromatic heterocycles. The van der Waals surface area contributed by atoms with Crippen LogP contribution in [0.2, 0.25) is 0 Å². The molecule has 0 aliphatic carbocycles. The summed E-state index contributed by atoms with van der Waals surface area (Å²) in [6.45, 7) is 3.71. The first-order chi connectivity index (χ1) is 10.7. The van der Waals surface area contributed by atoms with Gasteiger partial charge < -0.3 is 14.9 Å². The predicted octanol–water partition coefficient (Wildman–Crippen LogP) is 2.70. The monoisotopic (exact) mass is 301 g/mol. The highest BCUT2D eigenvalue weighted by molar-refractivity contribution is 5.39. The number of rotatable bonds is 7. The molecule has 0 amide bonds. The van der Waals surface area contributed by atoms with Crippen molar-refractivity contribution in [3.63, 3.8) is 0 Å². The first kappa shape index (κ1) is 16.3. The van der Waals surface area contributed by atoms with Gasteiger partial charge in [-0.3, -0.25) is 4.90 Å². The maximum Gasteiger partial charge on any atom is 0.123 e. The van der Waals surface area contributed by atoms with Crippen molar-refractivity contribution in [2.24, 2.45) is 0 Å². The number of phenols is 1. The van der Waals surface area contributed by atoms with E-state index in [1.54, 1.807) is 7.11 Å². The summed E-state index contributed by atoms with van der Waals surface area (Å²) in [5.74, 6) is 1.16. The number of para-hydroxylation sites is 2. The summed E-state index contributed by atoms with van der Waals surface area (Å²) in [6.07, 6.45) is 0. The molecule has 0 fully saturated rings. The maximum absolute atomic E-state index is 10.2. The second-order valence-corrected chi connectivity index (χ2v) is 5.33. The standard InChI is InChI=1S/C18H23NO3/c1-14-6-5-8-16(18(14)21)13-19(10-11-20)12-15-7-3-4-9-17(15)22-2/h3-9,20-21H,10-13H2,1-2H3. The van der Waals surface area contributed by atoms with E-state index in [4.69, 9.17) is 4.74 Å². The fraction of sp³-hybridized carbons (Fsp3) is 0.333. The number of phenolic OH excluding ortho intramolecular Hbond substituents is 1. The van der Waals surface area contributed by atoms with Crippen LogP contribution in [0.3, 0.4) is 0 Å². The Kier molecular flexibility index (Phi) is 5.81. The van der Waals surface area contributed by atoms with Gasteiger partial charge in [-0.05, 0) is 18.6 Å². The normalized spacial score (nSPS) is 10.9. The Hall–Kier alpha value is -2.04. The van der Waals surface area contributed by atoms with E-state index in [0.29, 0.717) is 25.4 Å². The second kappa shape index (κ2) is 7.82. The molecule has 4 heteroatoms. The fourth-order valence-corrected chi connectivity index (χ4v) is 2.52. The average Bonchev–Trinajstić information content (AvgIpc) is 2.52. The van der Waals surface area contributed by atoms with Crippen LogP contribution in [-0.2, 0) is 13.1 Å². The molecule has 0 radical (unpaired) electrons. The topological polar surface area (TPSA) is 52.9 Å². The Bertz CT molecular complexity index is 613. The van der Waals surface area contributed by atoms with Crippen molar-refractivity contribution < 1.29 is 14.9 Å². The zero-order valence-electron chi connectivity index (χ0n) is 13.1. The summed E-state index contributed by atoms with van der Waals surface area (Å²) in [4.78, 5) is 2.09. The molecule has 22 heavy (non-hydrogen) atoms. The van der Waals surface area contributed by atoms with E-state index in [2.05, 4.69) is 4.90 Å². The molecule has 0 unspecified atom stereocenters. The first-order valence-electron chi connectivity index (χ1n) is 7.38. The van der Waals surface area contributed by atoms with Gasteiger partial charge >= 0.3 is 0 Å². The molecule has 2 aromatic carbocycles. The van der Waals surface area contributed by atoms with Crippen molar-refractivity contribution in [1.82, 2.24) is 4.90 Å². The van der Waals surface area contributed by atoms with Crippen LogP contribution in [0.4, 0.5) is 0 Å². The molecule has 0 aliphatic rings. The largest absolute Gasteiger partial charge is 0.507 e.